The molecule has 2 aromatic carbocycles. The number of esters is 1. The summed E-state index contributed by atoms with van der Waals surface area (Å²) >= 11 is 0. The van der Waals surface area contributed by atoms with Crippen LogP contribution in [0.25, 0.3) is 0 Å². The molecule has 0 aromatic heterocycles. The van der Waals surface area contributed by atoms with E-state index in [1.807, 2.05) is 12.1 Å². The van der Waals surface area contributed by atoms with Gasteiger partial charge >= 0.3 is 5.97 Å². The highest BCUT2D eigenvalue weighted by Crippen LogP contribution is 2.60. The lowest BCUT2D eigenvalue weighted by Crippen LogP contribution is -2.48. The number of ether oxygens (including phenoxy) is 1. The van der Waals surface area contributed by atoms with Gasteiger partial charge in [-0.15, -0.1) is 0 Å². The van der Waals surface area contributed by atoms with E-state index in [1.54, 1.807) is 18.2 Å². The molecule has 6 rings (SSSR count). The number of nitrogens with one attached hydrogen (secondary N) is 1. The Hall–Kier alpha value is -2.87. The SMILES string of the molecule is COC(=O)c1cccc(NC(=O)CN(c2ccc(C34CC5CC(CC(C5)C3)C4)cc2)S(C)(=O)=O)c1. The summed E-state index contributed by atoms with van der Waals surface area (Å²) in [4.78, 5) is 24.5. The van der Waals surface area contributed by atoms with E-state index in [9.17, 15) is 18.0 Å². The molecule has 4 saturated carbocycles. The Bertz CT molecular complexity index is 1200. The zero-order valence-corrected chi connectivity index (χ0v) is 21.0. The van der Waals surface area contributed by atoms with E-state index >= 15 is 0 Å². The Balaban J connectivity index is 1.32. The molecule has 0 aliphatic heterocycles. The maximum atomic E-state index is 12.8. The molecule has 0 radical (unpaired) electrons. The topological polar surface area (TPSA) is 92.8 Å². The average Bonchev–Trinajstić information content (AvgIpc) is 2.81. The maximum absolute atomic E-state index is 12.8. The van der Waals surface area contributed by atoms with Crippen molar-refractivity contribution in [2.45, 2.75) is 43.9 Å². The van der Waals surface area contributed by atoms with Gasteiger partial charge in [0, 0.05) is 5.69 Å². The summed E-state index contributed by atoms with van der Waals surface area (Å²) < 4.78 is 31.0. The maximum Gasteiger partial charge on any atom is 0.337 e. The van der Waals surface area contributed by atoms with Gasteiger partial charge in [-0.05, 0) is 97.6 Å². The van der Waals surface area contributed by atoms with Gasteiger partial charge in [0.15, 0.2) is 0 Å². The van der Waals surface area contributed by atoms with Crippen molar-refractivity contribution in [1.82, 2.24) is 0 Å². The standard InChI is InChI=1S/C27H32N2O5S/c1-34-26(31)21-4-3-5-23(13-21)28-25(30)17-29(35(2,32)33)24-8-6-22(7-9-24)27-14-18-10-19(15-27)12-20(11-18)16-27/h3-9,13,18-20H,10-12,14-17H2,1-2H3,(H,28,30). The molecule has 1 N–H and O–H groups in total. The summed E-state index contributed by atoms with van der Waals surface area (Å²) in [5.74, 6) is 1.47. The van der Waals surface area contributed by atoms with Crippen LogP contribution in [0, 0.1) is 17.8 Å². The molecule has 0 atom stereocenters. The number of sulfonamides is 1. The quantitative estimate of drug-likeness (QED) is 0.576. The minimum absolute atomic E-state index is 0.227. The number of benzene rings is 2. The molecule has 4 bridgehead atoms. The number of nitrogens with zero attached hydrogens (tertiary/aromatic N) is 1. The van der Waals surface area contributed by atoms with Crippen LogP contribution in [0.5, 0.6) is 0 Å². The number of carbonyl (C=O) groups is 2. The highest BCUT2D eigenvalue weighted by atomic mass is 32.2. The Kier molecular flexibility index (Phi) is 6.11. The number of rotatable bonds is 7. The van der Waals surface area contributed by atoms with Gasteiger partial charge in [-0.2, -0.15) is 0 Å². The lowest BCUT2D eigenvalue weighted by molar-refractivity contribution is -0.114. The van der Waals surface area contributed by atoms with Crippen molar-refractivity contribution in [1.29, 1.82) is 0 Å². The van der Waals surface area contributed by atoms with Gasteiger partial charge in [-0.1, -0.05) is 18.2 Å². The number of anilines is 2. The van der Waals surface area contributed by atoms with Gasteiger partial charge in [0.1, 0.15) is 6.54 Å². The molecule has 7 nitrogen and oxygen atoms in total. The van der Waals surface area contributed by atoms with Crippen molar-refractivity contribution in [3.05, 3.63) is 59.7 Å². The van der Waals surface area contributed by atoms with Crippen LogP contribution in [-0.4, -0.2) is 40.2 Å². The molecule has 0 saturated heterocycles. The summed E-state index contributed by atoms with van der Waals surface area (Å²) in [7, 11) is -2.41. The molecule has 0 heterocycles. The zero-order valence-electron chi connectivity index (χ0n) is 20.2. The van der Waals surface area contributed by atoms with Crippen LogP contribution in [0.15, 0.2) is 48.5 Å². The number of amides is 1. The minimum atomic E-state index is -3.69. The first-order valence-electron chi connectivity index (χ1n) is 12.2. The monoisotopic (exact) mass is 496 g/mol. The van der Waals surface area contributed by atoms with Gasteiger partial charge in [-0.25, -0.2) is 13.2 Å². The summed E-state index contributed by atoms with van der Waals surface area (Å²) in [6.07, 6.45) is 8.93. The third-order valence-electron chi connectivity index (χ3n) is 8.06. The van der Waals surface area contributed by atoms with E-state index < -0.39 is 21.9 Å². The van der Waals surface area contributed by atoms with Crippen molar-refractivity contribution < 1.29 is 22.7 Å². The molecule has 2 aromatic rings. The van der Waals surface area contributed by atoms with Gasteiger partial charge in [-0.3, -0.25) is 9.10 Å². The molecule has 4 fully saturated rings. The molecule has 0 unspecified atom stereocenters. The first-order chi connectivity index (χ1) is 16.6. The van der Waals surface area contributed by atoms with Crippen LogP contribution >= 0.6 is 0 Å². The first kappa shape index (κ1) is 23.9. The number of hydrogen-bond donors (Lipinski definition) is 1. The number of methoxy groups -OCH3 is 1. The molecule has 4 aliphatic rings. The third-order valence-corrected chi connectivity index (χ3v) is 9.20. The van der Waals surface area contributed by atoms with Crippen LogP contribution in [0.4, 0.5) is 11.4 Å². The van der Waals surface area contributed by atoms with E-state index in [0.29, 0.717) is 16.9 Å². The smallest absolute Gasteiger partial charge is 0.337 e. The molecule has 186 valence electrons. The van der Waals surface area contributed by atoms with Gasteiger partial charge in [0.05, 0.1) is 24.6 Å². The summed E-state index contributed by atoms with van der Waals surface area (Å²) in [5, 5.41) is 2.68. The highest BCUT2D eigenvalue weighted by Gasteiger charge is 2.51. The third kappa shape index (κ3) is 4.81. The molecule has 0 spiro atoms. The van der Waals surface area contributed by atoms with Crippen LogP contribution in [0.2, 0.25) is 0 Å². The normalized spacial score (nSPS) is 26.9. The lowest BCUT2D eigenvalue weighted by atomic mass is 9.48. The van der Waals surface area contributed by atoms with Crippen molar-refractivity contribution in [3.8, 4) is 0 Å². The fraction of sp³-hybridized carbons (Fsp3) is 0.481. The Morgan fingerprint density at radius 2 is 1.60 bits per heavy atom. The van der Waals surface area contributed by atoms with Crippen LogP contribution in [0.3, 0.4) is 0 Å². The van der Waals surface area contributed by atoms with E-state index in [0.717, 1.165) is 28.3 Å². The van der Waals surface area contributed by atoms with Crippen molar-refractivity contribution in [3.63, 3.8) is 0 Å². The Labute approximate surface area is 206 Å². The number of carbonyl (C=O) groups excluding carboxylic acids is 2. The van der Waals surface area contributed by atoms with Gasteiger partial charge < -0.3 is 10.1 Å². The molecular formula is C27H32N2O5S. The van der Waals surface area contributed by atoms with Crippen molar-refractivity contribution in [2.24, 2.45) is 17.8 Å². The number of hydrogen-bond acceptors (Lipinski definition) is 5. The predicted molar refractivity (Wildman–Crippen MR) is 135 cm³/mol. The van der Waals surface area contributed by atoms with E-state index in [-0.39, 0.29) is 12.0 Å². The van der Waals surface area contributed by atoms with Gasteiger partial charge in [0.25, 0.3) is 0 Å². The van der Waals surface area contributed by atoms with E-state index in [2.05, 4.69) is 17.4 Å². The van der Waals surface area contributed by atoms with E-state index in [1.165, 1.54) is 57.3 Å². The van der Waals surface area contributed by atoms with Crippen molar-refractivity contribution in [2.75, 3.05) is 29.5 Å². The highest BCUT2D eigenvalue weighted by molar-refractivity contribution is 7.92. The predicted octanol–water partition coefficient (Wildman–Crippen LogP) is 4.35. The summed E-state index contributed by atoms with van der Waals surface area (Å²) in [6, 6.07) is 14.1. The minimum Gasteiger partial charge on any atom is -0.465 e. The second kappa shape index (κ2) is 8.97. The summed E-state index contributed by atoms with van der Waals surface area (Å²) in [5.41, 5.74) is 2.69. The molecule has 4 aliphatic carbocycles. The fourth-order valence-corrected chi connectivity index (χ4v) is 7.87. The Morgan fingerprint density at radius 1 is 1.00 bits per heavy atom. The molecule has 1 amide bonds. The fourth-order valence-electron chi connectivity index (χ4n) is 7.02. The molecule has 35 heavy (non-hydrogen) atoms. The second-order valence-electron chi connectivity index (χ2n) is 10.6. The summed E-state index contributed by atoms with van der Waals surface area (Å²) in [6.45, 7) is -0.363. The van der Waals surface area contributed by atoms with Crippen molar-refractivity contribution >= 4 is 33.3 Å². The van der Waals surface area contributed by atoms with Crippen LogP contribution in [0.1, 0.15) is 54.4 Å². The second-order valence-corrected chi connectivity index (χ2v) is 12.5. The lowest BCUT2D eigenvalue weighted by Gasteiger charge is -2.57. The Morgan fingerprint density at radius 3 is 2.14 bits per heavy atom. The van der Waals surface area contributed by atoms with Crippen LogP contribution in [-0.2, 0) is 25.0 Å². The largest absolute Gasteiger partial charge is 0.465 e. The zero-order chi connectivity index (χ0) is 24.8. The first-order valence-corrected chi connectivity index (χ1v) is 14.1. The van der Waals surface area contributed by atoms with Crippen LogP contribution < -0.4 is 9.62 Å². The van der Waals surface area contributed by atoms with Gasteiger partial charge in [0.2, 0.25) is 15.9 Å². The average molecular weight is 497 g/mol. The molecule has 8 heteroatoms. The molecular weight excluding hydrogens is 464 g/mol. The van der Waals surface area contributed by atoms with E-state index in [4.69, 9.17) is 4.74 Å².